The van der Waals surface area contributed by atoms with Crippen molar-refractivity contribution in [1.29, 1.82) is 0 Å². The maximum atomic E-state index is 13.3. The molecule has 0 aromatic heterocycles. The summed E-state index contributed by atoms with van der Waals surface area (Å²) in [4.78, 5) is 83.7. The molecule has 0 bridgehead atoms. The first-order valence-corrected chi connectivity index (χ1v) is 25.5. The van der Waals surface area contributed by atoms with Crippen LogP contribution in [0.1, 0.15) is 94.6 Å². The van der Waals surface area contributed by atoms with Crippen LogP contribution in [0.4, 0.5) is 26.3 Å². The lowest BCUT2D eigenvalue weighted by Gasteiger charge is -2.23. The lowest BCUT2D eigenvalue weighted by molar-refractivity contribution is -0.142. The molecule has 0 saturated heterocycles. The Morgan fingerprint density at radius 2 is 1.04 bits per heavy atom. The van der Waals surface area contributed by atoms with E-state index in [9.17, 15) is 55.1 Å². The van der Waals surface area contributed by atoms with Crippen LogP contribution in [0.2, 0.25) is 20.1 Å². The zero-order chi connectivity index (χ0) is 59.0. The number of benzene rings is 4. The Hall–Kier alpha value is -6.01. The van der Waals surface area contributed by atoms with Crippen LogP contribution in [0.5, 0.6) is 0 Å². The fourth-order valence-corrected chi connectivity index (χ4v) is 8.51. The normalized spacial score (nSPS) is 16.6. The Morgan fingerprint density at radius 3 is 1.43 bits per heavy atom. The minimum atomic E-state index is -4.64. The van der Waals surface area contributed by atoms with E-state index in [1.165, 1.54) is 6.07 Å². The highest BCUT2D eigenvalue weighted by molar-refractivity contribution is 6.63. The number of alkyl halides is 6. The number of hydrogen-bond acceptors (Lipinski definition) is 12. The topological polar surface area (TPSA) is 203 Å². The van der Waals surface area contributed by atoms with Gasteiger partial charge in [-0.15, -0.1) is 0 Å². The molecule has 3 N–H and O–H groups in total. The molecule has 0 radical (unpaired) electrons. The van der Waals surface area contributed by atoms with Gasteiger partial charge in [0.25, 0.3) is 17.7 Å². The third kappa shape index (κ3) is 20.6. The summed E-state index contributed by atoms with van der Waals surface area (Å²) in [6.07, 6.45) is -8.36. The third-order valence-corrected chi connectivity index (χ3v) is 12.3. The van der Waals surface area contributed by atoms with Crippen LogP contribution < -0.4 is 16.0 Å². The Balaban J connectivity index is 0.000000307. The minimum absolute atomic E-state index is 0.0258. The predicted molar refractivity (Wildman–Crippen MR) is 285 cm³/mol. The molecular weight excluding hydrogens is 1160 g/mol. The second-order valence-electron chi connectivity index (χ2n) is 17.8. The van der Waals surface area contributed by atoms with Crippen LogP contribution in [-0.4, -0.2) is 116 Å². The number of carbonyl (C=O) groups excluding carboxylic acids is 6. The smallest absolute Gasteiger partial charge is 0.384 e. The first-order valence-electron chi connectivity index (χ1n) is 23.6. The van der Waals surface area contributed by atoms with E-state index in [2.05, 4.69) is 20.4 Å². The molecule has 0 saturated carbocycles. The largest absolute Gasteiger partial charge is 0.405 e. The standard InChI is InChI=1S/C26H26Cl2F3N3O5.C22H20Cl2F3N3O3.C4H7ClO2/c1-4-38-13-23(36)34(12-22(35)32-14-26(29,30)31)24(37)20-6-5-16(7-15(20)2)21-11-25(3,39-33-21)17-8-18(27)10-19(28)9-17;1-12-5-13(3-4-17(12)20(32)28-10-19(31)29-11-22(25,26)27)18-9-21(2,33-30-18)14-6-15(23)8-16(24)7-14;1-2-7-3-4(5)6/h5-10H,4,11-14H2,1-3H3,(H,32,35);3-8H,9-11H2,1-2H3,(H,28,32)(H,29,31);2-3H2,1H3. The summed E-state index contributed by atoms with van der Waals surface area (Å²) >= 11 is 29.4. The van der Waals surface area contributed by atoms with E-state index in [1.54, 1.807) is 105 Å². The minimum Gasteiger partial charge on any atom is -0.384 e. The van der Waals surface area contributed by atoms with Crippen LogP contribution in [0.25, 0.3) is 0 Å². The SMILES string of the molecule is CCOCC(=O)Cl.CCOCC(=O)N(CC(=O)NCC(F)(F)F)C(=O)c1ccc(C2=NOC(C)(c3cc(Cl)cc(Cl)c3)C2)cc1C.Cc1cc(C2=NOC(C)(c3cc(Cl)cc(Cl)c3)C2)ccc1C(=O)NCC(=O)NCC(F)(F)F. The first kappa shape index (κ1) is 65.5. The van der Waals surface area contributed by atoms with Gasteiger partial charge in [0.1, 0.15) is 32.8 Å². The van der Waals surface area contributed by atoms with Crippen LogP contribution >= 0.6 is 58.0 Å². The van der Waals surface area contributed by atoms with Crippen molar-refractivity contribution in [3.63, 3.8) is 0 Å². The molecule has 0 fully saturated rings. The summed E-state index contributed by atoms with van der Waals surface area (Å²) in [5.41, 5.74) is 3.96. The Morgan fingerprint density at radius 1 is 0.620 bits per heavy atom. The highest BCUT2D eigenvalue weighted by atomic mass is 35.5. The number of imide groups is 1. The number of rotatable bonds is 18. The van der Waals surface area contributed by atoms with E-state index in [-0.39, 0.29) is 24.3 Å². The lowest BCUT2D eigenvalue weighted by atomic mass is 9.88. The number of nitrogens with zero attached hydrogens (tertiary/aromatic N) is 3. The zero-order valence-corrected chi connectivity index (χ0v) is 46.9. The van der Waals surface area contributed by atoms with E-state index in [0.717, 1.165) is 16.7 Å². The second-order valence-corrected chi connectivity index (χ2v) is 20.0. The summed E-state index contributed by atoms with van der Waals surface area (Å²) < 4.78 is 83.6. The van der Waals surface area contributed by atoms with E-state index < -0.39 is 91.1 Å². The fraction of sp³-hybridized carbons (Fsp3) is 0.385. The molecule has 0 spiro atoms. The molecule has 2 atom stereocenters. The molecular formula is C52H53Cl5F6N6O10. The molecule has 4 aromatic carbocycles. The molecule has 0 aliphatic carbocycles. The Labute approximate surface area is 475 Å². The fourth-order valence-electron chi connectivity index (χ4n) is 7.38. The van der Waals surface area contributed by atoms with Crippen molar-refractivity contribution in [3.8, 4) is 0 Å². The van der Waals surface area contributed by atoms with Gasteiger partial charge in [0.15, 0.2) is 11.2 Å². The molecule has 4 aromatic rings. The maximum absolute atomic E-state index is 13.3. The molecule has 16 nitrogen and oxygen atoms in total. The van der Waals surface area contributed by atoms with E-state index >= 15 is 0 Å². The van der Waals surface area contributed by atoms with Crippen molar-refractivity contribution in [2.45, 2.75) is 77.9 Å². The van der Waals surface area contributed by atoms with Gasteiger partial charge in [0, 0.05) is 68.4 Å². The van der Waals surface area contributed by atoms with Gasteiger partial charge in [-0.3, -0.25) is 33.7 Å². The van der Waals surface area contributed by atoms with Gasteiger partial charge in [-0.25, -0.2) is 0 Å². The van der Waals surface area contributed by atoms with Crippen molar-refractivity contribution in [1.82, 2.24) is 20.9 Å². The number of halogens is 11. The van der Waals surface area contributed by atoms with Gasteiger partial charge in [0.05, 0.1) is 18.0 Å². The molecule has 2 heterocycles. The van der Waals surface area contributed by atoms with Crippen molar-refractivity contribution >= 4 is 104 Å². The average Bonchev–Trinajstić information content (AvgIpc) is 4.06. The van der Waals surface area contributed by atoms with Crippen molar-refractivity contribution in [2.24, 2.45) is 10.3 Å². The first-order chi connectivity index (χ1) is 36.8. The van der Waals surface area contributed by atoms with Gasteiger partial charge in [-0.2, -0.15) is 26.3 Å². The third-order valence-electron chi connectivity index (χ3n) is 11.3. The monoisotopic (exact) mass is 1210 g/mol. The Bertz CT molecular complexity index is 2930. The van der Waals surface area contributed by atoms with Crippen molar-refractivity contribution in [3.05, 3.63) is 137 Å². The number of carbonyl (C=O) groups is 6. The number of ether oxygens (including phenoxy) is 2. The Kier molecular flexibility index (Phi) is 24.0. The quantitative estimate of drug-likeness (QED) is 0.0635. The molecule has 5 amide bonds. The van der Waals surface area contributed by atoms with Crippen LogP contribution in [0.15, 0.2) is 83.1 Å². The average molecular weight is 1210 g/mol. The van der Waals surface area contributed by atoms with E-state index in [0.29, 0.717) is 72.6 Å². The number of aryl methyl sites for hydroxylation is 2. The molecule has 428 valence electrons. The number of amides is 5. The van der Waals surface area contributed by atoms with Crippen LogP contribution in [0, 0.1) is 13.8 Å². The number of nitrogens with one attached hydrogen (secondary N) is 3. The highest BCUT2D eigenvalue weighted by Gasteiger charge is 2.39. The maximum Gasteiger partial charge on any atom is 0.405 e. The lowest BCUT2D eigenvalue weighted by Crippen LogP contribution is -2.47. The number of hydrogen-bond donors (Lipinski definition) is 3. The predicted octanol–water partition coefficient (Wildman–Crippen LogP) is 10.6. The summed E-state index contributed by atoms with van der Waals surface area (Å²) in [5.74, 6) is -4.37. The summed E-state index contributed by atoms with van der Waals surface area (Å²) in [7, 11) is 0. The zero-order valence-electron chi connectivity index (χ0n) is 43.1. The molecule has 2 unspecified atom stereocenters. The van der Waals surface area contributed by atoms with Gasteiger partial charge >= 0.3 is 12.4 Å². The molecule has 27 heteroatoms. The van der Waals surface area contributed by atoms with E-state index in [1.807, 2.05) is 13.8 Å². The number of oxime groups is 2. The van der Waals surface area contributed by atoms with Crippen molar-refractivity contribution in [2.75, 3.05) is 52.6 Å². The van der Waals surface area contributed by atoms with Crippen molar-refractivity contribution < 1.29 is 74.3 Å². The van der Waals surface area contributed by atoms with Gasteiger partial charge in [0.2, 0.25) is 17.1 Å². The summed E-state index contributed by atoms with van der Waals surface area (Å²) in [6.45, 7) is 6.14. The van der Waals surface area contributed by atoms with Gasteiger partial charge < -0.3 is 35.1 Å². The molecule has 2 aliphatic rings. The van der Waals surface area contributed by atoms with E-state index in [4.69, 9.17) is 72.4 Å². The van der Waals surface area contributed by atoms with Crippen LogP contribution in [0.3, 0.4) is 0 Å². The van der Waals surface area contributed by atoms with Crippen LogP contribution in [-0.2, 0) is 49.5 Å². The van der Waals surface area contributed by atoms with Gasteiger partial charge in [-0.05, 0) is 136 Å². The molecule has 2 aliphatic heterocycles. The van der Waals surface area contributed by atoms with Gasteiger partial charge in [-0.1, -0.05) is 68.8 Å². The molecule has 79 heavy (non-hydrogen) atoms. The highest BCUT2D eigenvalue weighted by Crippen LogP contribution is 2.40. The molecule has 6 rings (SSSR count). The summed E-state index contributed by atoms with van der Waals surface area (Å²) in [5, 5.41) is 15.5. The summed E-state index contributed by atoms with van der Waals surface area (Å²) in [6, 6.07) is 19.9. The second kappa shape index (κ2) is 28.9.